The van der Waals surface area contributed by atoms with Crippen LogP contribution >= 0.6 is 0 Å². The number of anilines is 2. The highest BCUT2D eigenvalue weighted by molar-refractivity contribution is 5.90. The number of fused-ring (bicyclic) bond motifs is 3. The predicted molar refractivity (Wildman–Crippen MR) is 98.4 cm³/mol. The van der Waals surface area contributed by atoms with Crippen molar-refractivity contribution in [2.24, 2.45) is 11.0 Å². The second-order valence-electron chi connectivity index (χ2n) is 6.96. The number of nitro groups is 1. The zero-order valence-electron chi connectivity index (χ0n) is 14.3. The van der Waals surface area contributed by atoms with E-state index in [9.17, 15) is 10.1 Å². The molecule has 0 aliphatic carbocycles. The molecule has 0 unspecified atom stereocenters. The highest BCUT2D eigenvalue weighted by Crippen LogP contribution is 2.31. The summed E-state index contributed by atoms with van der Waals surface area (Å²) in [6, 6.07) is 5.27. The number of nitrogens with zero attached hydrogens (tertiary/aromatic N) is 4. The first kappa shape index (κ1) is 16.3. The van der Waals surface area contributed by atoms with Crippen LogP contribution in [0.2, 0.25) is 0 Å². The zero-order chi connectivity index (χ0) is 17.2. The van der Waals surface area contributed by atoms with Crippen LogP contribution in [0.3, 0.4) is 0 Å². The van der Waals surface area contributed by atoms with E-state index < -0.39 is 0 Å². The summed E-state index contributed by atoms with van der Waals surface area (Å²) in [4.78, 5) is 15.7. The Morgan fingerprint density at radius 3 is 2.60 bits per heavy atom. The van der Waals surface area contributed by atoms with Crippen molar-refractivity contribution in [3.8, 4) is 0 Å². The van der Waals surface area contributed by atoms with Gasteiger partial charge in [-0.3, -0.25) is 20.4 Å². The molecule has 0 saturated carbocycles. The number of hydrogen-bond donors (Lipinski definition) is 2. The molecule has 1 aromatic rings. The van der Waals surface area contributed by atoms with Gasteiger partial charge in [0.05, 0.1) is 10.6 Å². The lowest BCUT2D eigenvalue weighted by Gasteiger charge is -2.39. The van der Waals surface area contributed by atoms with Crippen molar-refractivity contribution < 1.29 is 4.92 Å². The van der Waals surface area contributed by atoms with Gasteiger partial charge in [0, 0.05) is 50.4 Å². The molecule has 0 amide bonds. The number of piperazine rings is 1. The maximum atomic E-state index is 11.4. The maximum absolute atomic E-state index is 11.4. The van der Waals surface area contributed by atoms with Crippen LogP contribution in [0.5, 0.6) is 0 Å². The molecule has 0 aromatic heterocycles. The number of benzene rings is 1. The Morgan fingerprint density at radius 2 is 1.96 bits per heavy atom. The second-order valence-corrected chi connectivity index (χ2v) is 6.96. The number of nitrogens with one attached hydrogen (secondary N) is 2. The van der Waals surface area contributed by atoms with E-state index in [4.69, 9.17) is 0 Å². The summed E-state index contributed by atoms with van der Waals surface area (Å²) in [6.07, 6.45) is 2.28. The third kappa shape index (κ3) is 3.45. The minimum Gasteiger partial charge on any atom is -0.369 e. The standard InChI is InChI=1S/C17H24N6O2/c24-23(25)17-2-1-14(22-9-5-18-6-10-22)11-15(17)19-20-16-12-21-7-3-13(16)4-8-21/h1-2,11,13,18-19H,3-10,12H2/b20-16-. The molecule has 8 nitrogen and oxygen atoms in total. The van der Waals surface area contributed by atoms with E-state index in [-0.39, 0.29) is 10.6 Å². The highest BCUT2D eigenvalue weighted by Gasteiger charge is 2.31. The van der Waals surface area contributed by atoms with Gasteiger partial charge in [-0.15, -0.1) is 0 Å². The van der Waals surface area contributed by atoms with Crippen molar-refractivity contribution in [2.75, 3.05) is 56.1 Å². The molecule has 134 valence electrons. The summed E-state index contributed by atoms with van der Waals surface area (Å²) in [6.45, 7) is 6.83. The van der Waals surface area contributed by atoms with Gasteiger partial charge in [0.25, 0.3) is 5.69 Å². The number of piperidine rings is 3. The molecule has 4 saturated heterocycles. The average molecular weight is 344 g/mol. The minimum absolute atomic E-state index is 0.0736. The molecule has 25 heavy (non-hydrogen) atoms. The molecular formula is C17H24N6O2. The lowest BCUT2D eigenvalue weighted by atomic mass is 9.87. The number of nitro benzene ring substituents is 1. The van der Waals surface area contributed by atoms with Crippen LogP contribution in [0.25, 0.3) is 0 Å². The zero-order valence-corrected chi connectivity index (χ0v) is 14.3. The predicted octanol–water partition coefficient (Wildman–Crippen LogP) is 1.50. The molecule has 2 bridgehead atoms. The minimum atomic E-state index is -0.347. The molecule has 2 N–H and O–H groups in total. The van der Waals surface area contributed by atoms with Crippen molar-refractivity contribution in [3.05, 3.63) is 28.3 Å². The molecule has 8 heteroatoms. The molecule has 0 radical (unpaired) electrons. The number of hydrogen-bond acceptors (Lipinski definition) is 7. The van der Waals surface area contributed by atoms with E-state index in [1.54, 1.807) is 6.07 Å². The summed E-state index contributed by atoms with van der Waals surface area (Å²) in [5.74, 6) is 0.521. The Labute approximate surface area is 147 Å². The van der Waals surface area contributed by atoms with E-state index in [1.807, 2.05) is 12.1 Å². The Morgan fingerprint density at radius 1 is 1.20 bits per heavy atom. The molecule has 4 fully saturated rings. The van der Waals surface area contributed by atoms with Crippen LogP contribution in [0.15, 0.2) is 23.3 Å². The normalized spacial score (nSPS) is 27.5. The molecule has 0 atom stereocenters. The molecule has 1 aromatic carbocycles. The van der Waals surface area contributed by atoms with Crippen LogP contribution in [0.4, 0.5) is 17.1 Å². The van der Waals surface area contributed by atoms with Gasteiger partial charge in [-0.2, -0.15) is 5.10 Å². The van der Waals surface area contributed by atoms with Gasteiger partial charge in [0.1, 0.15) is 5.69 Å². The molecule has 0 spiro atoms. The largest absolute Gasteiger partial charge is 0.369 e. The van der Waals surface area contributed by atoms with Gasteiger partial charge in [-0.05, 0) is 38.1 Å². The van der Waals surface area contributed by atoms with E-state index in [2.05, 4.69) is 25.6 Å². The molecule has 4 heterocycles. The van der Waals surface area contributed by atoms with Crippen LogP contribution in [0, 0.1) is 16.0 Å². The van der Waals surface area contributed by atoms with Crippen molar-refractivity contribution in [1.82, 2.24) is 10.2 Å². The first-order chi connectivity index (χ1) is 12.2. The van der Waals surface area contributed by atoms with Gasteiger partial charge in [0.2, 0.25) is 0 Å². The fraction of sp³-hybridized carbons (Fsp3) is 0.588. The first-order valence-electron chi connectivity index (χ1n) is 8.99. The second kappa shape index (κ2) is 6.97. The van der Waals surface area contributed by atoms with E-state index in [0.717, 1.165) is 70.1 Å². The smallest absolute Gasteiger partial charge is 0.294 e. The number of hydrazone groups is 1. The summed E-state index contributed by atoms with van der Waals surface area (Å²) in [5.41, 5.74) is 5.68. The Balaban J connectivity index is 1.57. The Hall–Kier alpha value is -2.19. The fourth-order valence-electron chi connectivity index (χ4n) is 3.93. The SMILES string of the molecule is O=[N+]([O-])c1ccc(N2CCNCC2)cc1N/N=C1/CN2CCC1CC2. The average Bonchev–Trinajstić information content (AvgIpc) is 2.67. The first-order valence-corrected chi connectivity index (χ1v) is 8.99. The van der Waals surface area contributed by atoms with Gasteiger partial charge in [-0.1, -0.05) is 0 Å². The fourth-order valence-corrected chi connectivity index (χ4v) is 3.93. The van der Waals surface area contributed by atoms with Crippen LogP contribution in [-0.4, -0.2) is 61.3 Å². The van der Waals surface area contributed by atoms with Crippen LogP contribution < -0.4 is 15.6 Å². The third-order valence-corrected chi connectivity index (χ3v) is 5.42. The molecular weight excluding hydrogens is 320 g/mol. The van der Waals surface area contributed by atoms with E-state index in [0.29, 0.717) is 11.6 Å². The van der Waals surface area contributed by atoms with Gasteiger partial charge >= 0.3 is 0 Å². The number of rotatable bonds is 4. The molecule has 5 rings (SSSR count). The third-order valence-electron chi connectivity index (χ3n) is 5.42. The van der Waals surface area contributed by atoms with Crippen LogP contribution in [-0.2, 0) is 0 Å². The molecule has 4 aliphatic rings. The lowest BCUT2D eigenvalue weighted by Crippen LogP contribution is -2.48. The van der Waals surface area contributed by atoms with E-state index >= 15 is 0 Å². The summed E-state index contributed by atoms with van der Waals surface area (Å²) < 4.78 is 0. The van der Waals surface area contributed by atoms with Gasteiger partial charge < -0.3 is 10.2 Å². The van der Waals surface area contributed by atoms with Crippen molar-refractivity contribution in [1.29, 1.82) is 0 Å². The Bertz CT molecular complexity index is 678. The lowest BCUT2D eigenvalue weighted by molar-refractivity contribution is -0.383. The summed E-state index contributed by atoms with van der Waals surface area (Å²) in [7, 11) is 0. The maximum Gasteiger partial charge on any atom is 0.294 e. The van der Waals surface area contributed by atoms with Crippen molar-refractivity contribution in [3.63, 3.8) is 0 Å². The van der Waals surface area contributed by atoms with Crippen LogP contribution in [0.1, 0.15) is 12.8 Å². The Kier molecular flexibility index (Phi) is 4.54. The van der Waals surface area contributed by atoms with E-state index in [1.165, 1.54) is 0 Å². The molecule has 4 aliphatic heterocycles. The summed E-state index contributed by atoms with van der Waals surface area (Å²) in [5, 5.41) is 19.2. The monoisotopic (exact) mass is 344 g/mol. The van der Waals surface area contributed by atoms with Gasteiger partial charge in [-0.25, -0.2) is 0 Å². The van der Waals surface area contributed by atoms with Gasteiger partial charge in [0.15, 0.2) is 0 Å². The quantitative estimate of drug-likeness (QED) is 0.636. The van der Waals surface area contributed by atoms with Crippen molar-refractivity contribution in [2.45, 2.75) is 12.8 Å². The summed E-state index contributed by atoms with van der Waals surface area (Å²) >= 11 is 0. The topological polar surface area (TPSA) is 86.0 Å². The van der Waals surface area contributed by atoms with Crippen molar-refractivity contribution >= 4 is 22.8 Å². The highest BCUT2D eigenvalue weighted by atomic mass is 16.6.